The standard InChI is InChI=1S/C17H24BrNO3/c1-12-14(18)6-5-7-15(12)21-13-8-10-19(11-9-13)16(20)22-17(2,3)4/h5-7,13H,8-11H2,1-4H3. The highest BCUT2D eigenvalue weighted by molar-refractivity contribution is 9.10. The Morgan fingerprint density at radius 3 is 2.50 bits per heavy atom. The number of likely N-dealkylation sites (tertiary alicyclic amines) is 1. The zero-order chi connectivity index (χ0) is 16.3. The van der Waals surface area contributed by atoms with E-state index in [2.05, 4.69) is 15.9 Å². The zero-order valence-corrected chi connectivity index (χ0v) is 15.3. The topological polar surface area (TPSA) is 38.8 Å². The maximum Gasteiger partial charge on any atom is 0.410 e. The van der Waals surface area contributed by atoms with Crippen molar-refractivity contribution in [3.63, 3.8) is 0 Å². The molecule has 1 aromatic rings. The molecule has 0 aliphatic carbocycles. The van der Waals surface area contributed by atoms with Crippen LogP contribution in [0.2, 0.25) is 0 Å². The SMILES string of the molecule is Cc1c(Br)cccc1OC1CCN(C(=O)OC(C)(C)C)CC1. The molecule has 0 atom stereocenters. The summed E-state index contributed by atoms with van der Waals surface area (Å²) in [6.07, 6.45) is 1.56. The molecule has 1 heterocycles. The summed E-state index contributed by atoms with van der Waals surface area (Å²) in [5.41, 5.74) is 0.662. The van der Waals surface area contributed by atoms with E-state index in [1.165, 1.54) is 0 Å². The summed E-state index contributed by atoms with van der Waals surface area (Å²) in [4.78, 5) is 13.8. The van der Waals surface area contributed by atoms with Crippen LogP contribution in [0.3, 0.4) is 0 Å². The Labute approximate surface area is 140 Å². The lowest BCUT2D eigenvalue weighted by Crippen LogP contribution is -2.44. The first-order valence-electron chi connectivity index (χ1n) is 7.66. The third-order valence-corrected chi connectivity index (χ3v) is 4.46. The van der Waals surface area contributed by atoms with Crippen molar-refractivity contribution in [1.29, 1.82) is 0 Å². The van der Waals surface area contributed by atoms with Gasteiger partial charge >= 0.3 is 6.09 Å². The zero-order valence-electron chi connectivity index (χ0n) is 13.7. The number of benzene rings is 1. The summed E-state index contributed by atoms with van der Waals surface area (Å²) in [5.74, 6) is 0.907. The molecule has 0 radical (unpaired) electrons. The molecule has 1 aliphatic rings. The highest BCUT2D eigenvalue weighted by Crippen LogP contribution is 2.28. The Kier molecular flexibility index (Phi) is 5.37. The monoisotopic (exact) mass is 369 g/mol. The summed E-state index contributed by atoms with van der Waals surface area (Å²) in [6.45, 7) is 9.04. The van der Waals surface area contributed by atoms with E-state index in [-0.39, 0.29) is 12.2 Å². The number of rotatable bonds is 2. The van der Waals surface area contributed by atoms with E-state index in [9.17, 15) is 4.79 Å². The van der Waals surface area contributed by atoms with Gasteiger partial charge in [-0.05, 0) is 39.8 Å². The van der Waals surface area contributed by atoms with Crippen LogP contribution in [0.15, 0.2) is 22.7 Å². The molecule has 0 aromatic heterocycles. The van der Waals surface area contributed by atoms with Gasteiger partial charge in [0.05, 0.1) is 0 Å². The molecule has 0 saturated carbocycles. The summed E-state index contributed by atoms with van der Waals surface area (Å²) in [7, 11) is 0. The highest BCUT2D eigenvalue weighted by atomic mass is 79.9. The van der Waals surface area contributed by atoms with Crippen LogP contribution in [0.25, 0.3) is 0 Å². The van der Waals surface area contributed by atoms with E-state index < -0.39 is 5.60 Å². The molecule has 1 fully saturated rings. The molecule has 1 aliphatic heterocycles. The maximum absolute atomic E-state index is 12.0. The Balaban J connectivity index is 1.87. The number of carbonyl (C=O) groups is 1. The van der Waals surface area contributed by atoms with Gasteiger partial charge in [-0.1, -0.05) is 22.0 Å². The summed E-state index contributed by atoms with van der Waals surface area (Å²) >= 11 is 3.52. The van der Waals surface area contributed by atoms with E-state index in [1.54, 1.807) is 4.90 Å². The number of carbonyl (C=O) groups excluding carboxylic acids is 1. The van der Waals surface area contributed by atoms with Gasteiger partial charge in [0.1, 0.15) is 17.5 Å². The molecule has 122 valence electrons. The second-order valence-corrected chi connectivity index (χ2v) is 7.50. The number of ether oxygens (including phenoxy) is 2. The second-order valence-electron chi connectivity index (χ2n) is 6.65. The van der Waals surface area contributed by atoms with Gasteiger partial charge in [0.25, 0.3) is 0 Å². The van der Waals surface area contributed by atoms with Crippen molar-refractivity contribution in [3.05, 3.63) is 28.2 Å². The molecular formula is C17H24BrNO3. The second kappa shape index (κ2) is 6.90. The Morgan fingerprint density at radius 2 is 1.91 bits per heavy atom. The quantitative estimate of drug-likeness (QED) is 0.768. The van der Waals surface area contributed by atoms with Gasteiger partial charge in [0.2, 0.25) is 0 Å². The number of piperidine rings is 1. The van der Waals surface area contributed by atoms with Crippen molar-refractivity contribution in [2.45, 2.75) is 52.2 Å². The van der Waals surface area contributed by atoms with Crippen LogP contribution in [0, 0.1) is 6.92 Å². The molecular weight excluding hydrogens is 346 g/mol. The van der Waals surface area contributed by atoms with Crippen molar-refractivity contribution in [3.8, 4) is 5.75 Å². The van der Waals surface area contributed by atoms with Crippen LogP contribution in [-0.4, -0.2) is 35.8 Å². The summed E-state index contributed by atoms with van der Waals surface area (Å²) in [5, 5.41) is 0. The predicted molar refractivity (Wildman–Crippen MR) is 90.3 cm³/mol. The predicted octanol–water partition coefficient (Wildman–Crippen LogP) is 4.54. The van der Waals surface area contributed by atoms with Gasteiger partial charge in [-0.15, -0.1) is 0 Å². The van der Waals surface area contributed by atoms with Crippen LogP contribution >= 0.6 is 15.9 Å². The van der Waals surface area contributed by atoms with Gasteiger partial charge in [0.15, 0.2) is 0 Å². The lowest BCUT2D eigenvalue weighted by atomic mass is 10.1. The molecule has 0 spiro atoms. The minimum atomic E-state index is -0.447. The van der Waals surface area contributed by atoms with Crippen molar-refractivity contribution in [1.82, 2.24) is 4.90 Å². The normalized spacial score (nSPS) is 16.5. The number of hydrogen-bond acceptors (Lipinski definition) is 3. The molecule has 1 saturated heterocycles. The molecule has 0 bridgehead atoms. The van der Waals surface area contributed by atoms with E-state index in [4.69, 9.17) is 9.47 Å². The molecule has 1 aromatic carbocycles. The van der Waals surface area contributed by atoms with Gasteiger partial charge in [-0.3, -0.25) is 0 Å². The maximum atomic E-state index is 12.0. The van der Waals surface area contributed by atoms with E-state index >= 15 is 0 Å². The fourth-order valence-electron chi connectivity index (χ4n) is 2.38. The highest BCUT2D eigenvalue weighted by Gasteiger charge is 2.27. The molecule has 1 amide bonds. The van der Waals surface area contributed by atoms with Crippen molar-refractivity contribution in [2.24, 2.45) is 0 Å². The van der Waals surface area contributed by atoms with Crippen LogP contribution in [-0.2, 0) is 4.74 Å². The van der Waals surface area contributed by atoms with Gasteiger partial charge in [-0.25, -0.2) is 4.79 Å². The lowest BCUT2D eigenvalue weighted by molar-refractivity contribution is 0.0126. The van der Waals surface area contributed by atoms with E-state index in [0.717, 1.165) is 28.6 Å². The van der Waals surface area contributed by atoms with Crippen LogP contribution in [0.5, 0.6) is 5.75 Å². The fourth-order valence-corrected chi connectivity index (χ4v) is 2.73. The van der Waals surface area contributed by atoms with Crippen molar-refractivity contribution < 1.29 is 14.3 Å². The first kappa shape index (κ1) is 17.1. The molecule has 5 heteroatoms. The van der Waals surface area contributed by atoms with Crippen LogP contribution in [0.1, 0.15) is 39.2 Å². The fraction of sp³-hybridized carbons (Fsp3) is 0.588. The Bertz CT molecular complexity index is 531. The van der Waals surface area contributed by atoms with Gasteiger partial charge < -0.3 is 14.4 Å². The first-order chi connectivity index (χ1) is 10.3. The molecule has 4 nitrogen and oxygen atoms in total. The molecule has 2 rings (SSSR count). The number of amides is 1. The van der Waals surface area contributed by atoms with Gasteiger partial charge in [0, 0.05) is 36.0 Å². The van der Waals surface area contributed by atoms with Crippen LogP contribution in [0.4, 0.5) is 4.79 Å². The number of halogens is 1. The van der Waals surface area contributed by atoms with Gasteiger partial charge in [-0.2, -0.15) is 0 Å². The molecule has 22 heavy (non-hydrogen) atoms. The molecule has 0 unspecified atom stereocenters. The average molecular weight is 370 g/mol. The minimum absolute atomic E-state index is 0.145. The first-order valence-corrected chi connectivity index (χ1v) is 8.45. The number of nitrogens with zero attached hydrogens (tertiary/aromatic N) is 1. The third kappa shape index (κ3) is 4.63. The number of hydrogen-bond donors (Lipinski definition) is 0. The van der Waals surface area contributed by atoms with E-state index in [0.29, 0.717) is 13.1 Å². The average Bonchev–Trinajstić information content (AvgIpc) is 2.43. The third-order valence-electron chi connectivity index (χ3n) is 3.61. The van der Waals surface area contributed by atoms with E-state index in [1.807, 2.05) is 45.9 Å². The smallest absolute Gasteiger partial charge is 0.410 e. The van der Waals surface area contributed by atoms with Crippen molar-refractivity contribution >= 4 is 22.0 Å². The lowest BCUT2D eigenvalue weighted by Gasteiger charge is -2.33. The Morgan fingerprint density at radius 1 is 1.27 bits per heavy atom. The van der Waals surface area contributed by atoms with Crippen molar-refractivity contribution in [2.75, 3.05) is 13.1 Å². The summed E-state index contributed by atoms with van der Waals surface area (Å²) < 4.78 is 12.5. The largest absolute Gasteiger partial charge is 0.490 e. The van der Waals surface area contributed by atoms with Crippen LogP contribution < -0.4 is 4.74 Å². The molecule has 0 N–H and O–H groups in total. The summed E-state index contributed by atoms with van der Waals surface area (Å²) in [6, 6.07) is 5.97. The Hall–Kier alpha value is -1.23. The minimum Gasteiger partial charge on any atom is -0.490 e.